The lowest BCUT2D eigenvalue weighted by Crippen LogP contribution is -2.09. The molecular formula is C12H13BrN4O2S. The van der Waals surface area contributed by atoms with Gasteiger partial charge in [-0.1, -0.05) is 0 Å². The van der Waals surface area contributed by atoms with Crippen molar-refractivity contribution in [3.8, 4) is 5.82 Å². The average molecular weight is 357 g/mol. The van der Waals surface area contributed by atoms with Gasteiger partial charge in [0.15, 0.2) is 5.82 Å². The first kappa shape index (κ1) is 14.9. The van der Waals surface area contributed by atoms with Crippen molar-refractivity contribution in [2.75, 3.05) is 18.6 Å². The molecule has 0 unspecified atom stereocenters. The van der Waals surface area contributed by atoms with Crippen LogP contribution in [0.25, 0.3) is 5.82 Å². The van der Waals surface area contributed by atoms with Crippen LogP contribution in [0.4, 0.5) is 5.82 Å². The fourth-order valence-corrected chi connectivity index (χ4v) is 2.41. The molecular weight excluding hydrogens is 344 g/mol. The molecule has 0 amide bonds. The number of carbonyl (C=O) groups is 1. The highest BCUT2D eigenvalue weighted by Gasteiger charge is 2.23. The van der Waals surface area contributed by atoms with Crippen molar-refractivity contribution in [1.29, 1.82) is 0 Å². The Morgan fingerprint density at radius 3 is 2.85 bits per heavy atom. The van der Waals surface area contributed by atoms with Gasteiger partial charge in [0.2, 0.25) is 0 Å². The molecule has 2 aromatic rings. The van der Waals surface area contributed by atoms with Crippen LogP contribution in [0.2, 0.25) is 0 Å². The fourth-order valence-electron chi connectivity index (χ4n) is 1.62. The molecule has 0 spiro atoms. The second-order valence-corrected chi connectivity index (χ2v) is 5.45. The van der Waals surface area contributed by atoms with Crippen LogP contribution >= 0.6 is 27.7 Å². The largest absolute Gasteiger partial charge is 0.462 e. The molecule has 106 valence electrons. The van der Waals surface area contributed by atoms with E-state index in [1.54, 1.807) is 19.2 Å². The van der Waals surface area contributed by atoms with Gasteiger partial charge >= 0.3 is 5.97 Å². The molecule has 2 rings (SSSR count). The number of nitrogens with zero attached hydrogens (tertiary/aromatic N) is 3. The summed E-state index contributed by atoms with van der Waals surface area (Å²) in [6.45, 7) is 2.03. The van der Waals surface area contributed by atoms with Crippen molar-refractivity contribution in [1.82, 2.24) is 14.8 Å². The monoisotopic (exact) mass is 356 g/mol. The van der Waals surface area contributed by atoms with Crippen molar-refractivity contribution < 1.29 is 9.53 Å². The van der Waals surface area contributed by atoms with Crippen LogP contribution in [0.1, 0.15) is 17.3 Å². The van der Waals surface area contributed by atoms with Crippen molar-refractivity contribution in [3.05, 3.63) is 28.4 Å². The molecule has 0 aliphatic rings. The molecule has 0 saturated carbocycles. The zero-order chi connectivity index (χ0) is 14.7. The van der Waals surface area contributed by atoms with Crippen LogP contribution in [0.15, 0.2) is 27.8 Å². The Kier molecular flexibility index (Phi) is 4.66. The number of anilines is 1. The minimum absolute atomic E-state index is 0.225. The van der Waals surface area contributed by atoms with Crippen molar-refractivity contribution in [2.24, 2.45) is 0 Å². The third kappa shape index (κ3) is 2.80. The summed E-state index contributed by atoms with van der Waals surface area (Å²) >= 11 is 4.64. The third-order valence-electron chi connectivity index (χ3n) is 2.49. The SMILES string of the molecule is CCOC(=O)c1c(SC)nn(-c2ccc(Br)cn2)c1N. The number of pyridine rings is 1. The van der Waals surface area contributed by atoms with Crippen LogP contribution in [0.5, 0.6) is 0 Å². The lowest BCUT2D eigenvalue weighted by molar-refractivity contribution is 0.0523. The predicted molar refractivity (Wildman–Crippen MR) is 81.2 cm³/mol. The number of esters is 1. The quantitative estimate of drug-likeness (QED) is 0.669. The Bertz CT molecular complexity index is 627. The van der Waals surface area contributed by atoms with E-state index >= 15 is 0 Å². The zero-order valence-electron chi connectivity index (χ0n) is 11.0. The highest BCUT2D eigenvalue weighted by atomic mass is 79.9. The third-order valence-corrected chi connectivity index (χ3v) is 3.63. The Hall–Kier alpha value is -1.54. The van der Waals surface area contributed by atoms with Gasteiger partial charge in [-0.15, -0.1) is 11.8 Å². The minimum Gasteiger partial charge on any atom is -0.462 e. The summed E-state index contributed by atoms with van der Waals surface area (Å²) in [6, 6.07) is 3.58. The molecule has 0 fully saturated rings. The van der Waals surface area contributed by atoms with E-state index in [0.29, 0.717) is 10.8 Å². The molecule has 2 aromatic heterocycles. The number of hydrogen-bond donors (Lipinski definition) is 1. The van der Waals surface area contributed by atoms with Gasteiger partial charge in [0, 0.05) is 10.7 Å². The summed E-state index contributed by atoms with van der Waals surface area (Å²) in [6.07, 6.45) is 3.46. The molecule has 0 radical (unpaired) electrons. The molecule has 20 heavy (non-hydrogen) atoms. The van der Waals surface area contributed by atoms with Gasteiger partial charge in [-0.3, -0.25) is 0 Å². The molecule has 0 aliphatic carbocycles. The van der Waals surface area contributed by atoms with Crippen molar-refractivity contribution in [2.45, 2.75) is 11.9 Å². The summed E-state index contributed by atoms with van der Waals surface area (Å²) in [5.41, 5.74) is 6.30. The number of rotatable bonds is 4. The van der Waals surface area contributed by atoms with Crippen LogP contribution in [-0.4, -0.2) is 33.6 Å². The first-order chi connectivity index (χ1) is 9.58. The molecule has 6 nitrogen and oxygen atoms in total. The maximum atomic E-state index is 11.9. The van der Waals surface area contributed by atoms with E-state index in [-0.39, 0.29) is 18.0 Å². The predicted octanol–water partition coefficient (Wildman–Crippen LogP) is 2.51. The Labute approximate surface area is 128 Å². The highest BCUT2D eigenvalue weighted by Crippen LogP contribution is 2.27. The van der Waals surface area contributed by atoms with Gasteiger partial charge in [0.25, 0.3) is 0 Å². The molecule has 0 aromatic carbocycles. The number of ether oxygens (including phenoxy) is 1. The molecule has 0 atom stereocenters. The summed E-state index contributed by atoms with van der Waals surface area (Å²) < 4.78 is 7.29. The summed E-state index contributed by atoms with van der Waals surface area (Å²) in [4.78, 5) is 16.2. The van der Waals surface area contributed by atoms with Crippen molar-refractivity contribution >= 4 is 39.5 Å². The van der Waals surface area contributed by atoms with E-state index in [1.165, 1.54) is 16.4 Å². The molecule has 0 bridgehead atoms. The number of thioether (sulfide) groups is 1. The summed E-state index contributed by atoms with van der Waals surface area (Å²) in [5, 5.41) is 4.83. The molecule has 2 N–H and O–H groups in total. The van der Waals surface area contributed by atoms with E-state index in [1.807, 2.05) is 12.3 Å². The Morgan fingerprint density at radius 1 is 1.55 bits per heavy atom. The first-order valence-corrected chi connectivity index (χ1v) is 7.81. The number of hydrogen-bond acceptors (Lipinski definition) is 6. The smallest absolute Gasteiger partial charge is 0.344 e. The Balaban J connectivity index is 2.50. The van der Waals surface area contributed by atoms with Crippen LogP contribution in [0.3, 0.4) is 0 Å². The number of carbonyl (C=O) groups excluding carboxylic acids is 1. The van der Waals surface area contributed by atoms with E-state index in [4.69, 9.17) is 10.5 Å². The first-order valence-electron chi connectivity index (χ1n) is 5.80. The van der Waals surface area contributed by atoms with Gasteiger partial charge in [-0.2, -0.15) is 9.78 Å². The van der Waals surface area contributed by atoms with Gasteiger partial charge in [-0.05, 0) is 41.2 Å². The van der Waals surface area contributed by atoms with Gasteiger partial charge < -0.3 is 10.5 Å². The second kappa shape index (κ2) is 6.27. The summed E-state index contributed by atoms with van der Waals surface area (Å²) in [7, 11) is 0. The van der Waals surface area contributed by atoms with Crippen LogP contribution < -0.4 is 5.73 Å². The van der Waals surface area contributed by atoms with E-state index in [0.717, 1.165) is 4.47 Å². The summed E-state index contributed by atoms with van der Waals surface area (Å²) in [5.74, 6) is 0.289. The van der Waals surface area contributed by atoms with Crippen LogP contribution in [-0.2, 0) is 4.74 Å². The van der Waals surface area contributed by atoms with E-state index in [2.05, 4.69) is 26.0 Å². The minimum atomic E-state index is -0.474. The van der Waals surface area contributed by atoms with Gasteiger partial charge in [0.1, 0.15) is 16.4 Å². The van der Waals surface area contributed by atoms with Gasteiger partial charge in [0.05, 0.1) is 6.61 Å². The molecule has 0 aliphatic heterocycles. The topological polar surface area (TPSA) is 83.0 Å². The number of aromatic nitrogens is 3. The number of nitrogen functional groups attached to an aromatic ring is 1. The number of nitrogens with two attached hydrogens (primary N) is 1. The van der Waals surface area contributed by atoms with Gasteiger partial charge in [-0.25, -0.2) is 9.78 Å². The van der Waals surface area contributed by atoms with Crippen LogP contribution in [0, 0.1) is 0 Å². The van der Waals surface area contributed by atoms with E-state index < -0.39 is 5.97 Å². The van der Waals surface area contributed by atoms with E-state index in [9.17, 15) is 4.79 Å². The normalized spacial score (nSPS) is 10.6. The molecule has 8 heteroatoms. The fraction of sp³-hybridized carbons (Fsp3) is 0.250. The Morgan fingerprint density at radius 2 is 2.30 bits per heavy atom. The maximum Gasteiger partial charge on any atom is 0.344 e. The number of halogens is 1. The highest BCUT2D eigenvalue weighted by molar-refractivity contribution is 9.10. The average Bonchev–Trinajstić information content (AvgIpc) is 2.77. The van der Waals surface area contributed by atoms with Crippen molar-refractivity contribution in [3.63, 3.8) is 0 Å². The maximum absolute atomic E-state index is 11.9. The second-order valence-electron chi connectivity index (χ2n) is 3.74. The molecule has 0 saturated heterocycles. The standard InChI is InChI=1S/C12H13BrN4O2S/c1-3-19-12(18)9-10(14)17(16-11(9)20-2)8-5-4-7(13)6-15-8/h4-6H,3,14H2,1-2H3. The zero-order valence-corrected chi connectivity index (χ0v) is 13.4. The molecule has 2 heterocycles. The lowest BCUT2D eigenvalue weighted by Gasteiger charge is -2.04. The lowest BCUT2D eigenvalue weighted by atomic mass is 10.3.